The summed E-state index contributed by atoms with van der Waals surface area (Å²) in [6, 6.07) is 7.74. The molecule has 5 nitrogen and oxygen atoms in total. The molecule has 23 heavy (non-hydrogen) atoms. The average Bonchev–Trinajstić information content (AvgIpc) is 2.97. The van der Waals surface area contributed by atoms with Crippen LogP contribution in [0.5, 0.6) is 0 Å². The van der Waals surface area contributed by atoms with E-state index < -0.39 is 11.9 Å². The van der Waals surface area contributed by atoms with Gasteiger partial charge in [0.1, 0.15) is 11.5 Å². The Kier molecular flexibility index (Phi) is 5.76. The molecule has 0 saturated heterocycles. The lowest BCUT2D eigenvalue weighted by atomic mass is 10.1. The zero-order valence-electron chi connectivity index (χ0n) is 12.9. The van der Waals surface area contributed by atoms with Gasteiger partial charge in [-0.15, -0.1) is 0 Å². The first-order valence-electron chi connectivity index (χ1n) is 7.11. The predicted molar refractivity (Wildman–Crippen MR) is 86.9 cm³/mol. The first-order valence-corrected chi connectivity index (χ1v) is 7.49. The molecular formula is C16H19ClFN3O2. The maximum absolute atomic E-state index is 13.4. The van der Waals surface area contributed by atoms with E-state index in [1.54, 1.807) is 32.3 Å². The number of halogens is 2. The number of aromatic amines is 1. The normalized spacial score (nSPS) is 12.2. The van der Waals surface area contributed by atoms with Gasteiger partial charge < -0.3 is 20.3 Å². The molecule has 3 N–H and O–H groups in total. The van der Waals surface area contributed by atoms with E-state index in [-0.39, 0.29) is 17.5 Å². The molecule has 2 rings (SSSR count). The summed E-state index contributed by atoms with van der Waals surface area (Å²) in [4.78, 5) is 16.3. The second-order valence-corrected chi connectivity index (χ2v) is 5.82. The number of H-pyrrole nitrogens is 1. The third kappa shape index (κ3) is 4.54. The monoisotopic (exact) mass is 339 g/mol. The molecule has 0 fully saturated rings. The number of amides is 1. The van der Waals surface area contributed by atoms with Gasteiger partial charge in [-0.25, -0.2) is 4.39 Å². The molecular weight excluding hydrogens is 321 g/mol. The minimum Gasteiger partial charge on any atom is -0.387 e. The zero-order valence-corrected chi connectivity index (χ0v) is 13.7. The molecule has 0 radical (unpaired) electrons. The Bertz CT molecular complexity index is 688. The summed E-state index contributed by atoms with van der Waals surface area (Å²) in [5, 5.41) is 13.1. The van der Waals surface area contributed by atoms with E-state index in [2.05, 4.69) is 10.3 Å². The van der Waals surface area contributed by atoms with Crippen LogP contribution in [0.4, 0.5) is 4.39 Å². The number of aromatic nitrogens is 1. The standard InChI is InChI=1S/C16H19ClFN3O2/c1-21(2)16(23)14-6-4-11(20-14)8-19-9-15(22)10-3-5-12(17)13(18)7-10/h3-7,15,19-20,22H,8-9H2,1-2H3. The Hall–Kier alpha value is -1.89. The van der Waals surface area contributed by atoms with Gasteiger partial charge in [0.05, 0.1) is 11.1 Å². The first-order chi connectivity index (χ1) is 10.9. The van der Waals surface area contributed by atoms with Gasteiger partial charge in [0.15, 0.2) is 0 Å². The van der Waals surface area contributed by atoms with Crippen molar-refractivity contribution in [3.63, 3.8) is 0 Å². The molecule has 0 saturated carbocycles. The van der Waals surface area contributed by atoms with Gasteiger partial charge in [-0.05, 0) is 29.8 Å². The van der Waals surface area contributed by atoms with Crippen molar-refractivity contribution in [1.29, 1.82) is 0 Å². The molecule has 1 atom stereocenters. The Balaban J connectivity index is 1.87. The highest BCUT2D eigenvalue weighted by atomic mass is 35.5. The lowest BCUT2D eigenvalue weighted by Gasteiger charge is -2.12. The van der Waals surface area contributed by atoms with Crippen LogP contribution in [-0.4, -0.2) is 41.5 Å². The minimum absolute atomic E-state index is 0.0263. The van der Waals surface area contributed by atoms with Gasteiger partial charge in [0, 0.05) is 32.9 Å². The van der Waals surface area contributed by atoms with Gasteiger partial charge >= 0.3 is 0 Å². The van der Waals surface area contributed by atoms with E-state index in [1.807, 2.05) is 0 Å². The molecule has 7 heteroatoms. The Labute approximate surface area is 139 Å². The van der Waals surface area contributed by atoms with Crippen LogP contribution < -0.4 is 5.32 Å². The Morgan fingerprint density at radius 1 is 1.39 bits per heavy atom. The second-order valence-electron chi connectivity index (χ2n) is 5.42. The first kappa shape index (κ1) is 17.5. The number of aliphatic hydroxyl groups excluding tert-OH is 1. The number of aliphatic hydroxyl groups is 1. The molecule has 0 bridgehead atoms. The maximum atomic E-state index is 13.4. The molecule has 1 amide bonds. The summed E-state index contributed by atoms with van der Waals surface area (Å²) >= 11 is 5.61. The number of benzene rings is 1. The minimum atomic E-state index is -0.848. The van der Waals surface area contributed by atoms with Crippen LogP contribution in [-0.2, 0) is 6.54 Å². The fraction of sp³-hybridized carbons (Fsp3) is 0.312. The maximum Gasteiger partial charge on any atom is 0.269 e. The quantitative estimate of drug-likeness (QED) is 0.756. The van der Waals surface area contributed by atoms with Gasteiger partial charge in [-0.3, -0.25) is 4.79 Å². The van der Waals surface area contributed by atoms with Crippen molar-refractivity contribution in [1.82, 2.24) is 15.2 Å². The summed E-state index contributed by atoms with van der Waals surface area (Å²) < 4.78 is 13.4. The molecule has 0 aliphatic rings. The number of nitrogens with one attached hydrogen (secondary N) is 2. The highest BCUT2D eigenvalue weighted by Crippen LogP contribution is 2.20. The Morgan fingerprint density at radius 3 is 2.78 bits per heavy atom. The van der Waals surface area contributed by atoms with Crippen molar-refractivity contribution in [3.8, 4) is 0 Å². The number of hydrogen-bond acceptors (Lipinski definition) is 3. The van der Waals surface area contributed by atoms with Gasteiger partial charge in [0.25, 0.3) is 5.91 Å². The van der Waals surface area contributed by atoms with Crippen molar-refractivity contribution < 1.29 is 14.3 Å². The van der Waals surface area contributed by atoms with E-state index >= 15 is 0 Å². The Morgan fingerprint density at radius 2 is 2.13 bits per heavy atom. The highest BCUT2D eigenvalue weighted by Gasteiger charge is 2.12. The molecule has 1 unspecified atom stereocenters. The van der Waals surface area contributed by atoms with E-state index in [1.165, 1.54) is 17.0 Å². The zero-order chi connectivity index (χ0) is 17.0. The average molecular weight is 340 g/mol. The van der Waals surface area contributed by atoms with E-state index in [9.17, 15) is 14.3 Å². The highest BCUT2D eigenvalue weighted by molar-refractivity contribution is 6.30. The van der Waals surface area contributed by atoms with Crippen molar-refractivity contribution in [2.24, 2.45) is 0 Å². The second kappa shape index (κ2) is 7.59. The van der Waals surface area contributed by atoms with Gasteiger partial charge in [0.2, 0.25) is 0 Å². The molecule has 0 aliphatic heterocycles. The topological polar surface area (TPSA) is 68.4 Å². The number of carbonyl (C=O) groups excluding carboxylic acids is 1. The van der Waals surface area contributed by atoms with Crippen LogP contribution >= 0.6 is 11.6 Å². The van der Waals surface area contributed by atoms with Gasteiger partial charge in [-0.2, -0.15) is 0 Å². The van der Waals surface area contributed by atoms with Crippen molar-refractivity contribution in [2.45, 2.75) is 12.6 Å². The largest absolute Gasteiger partial charge is 0.387 e. The summed E-state index contributed by atoms with van der Waals surface area (Å²) in [5.41, 5.74) is 1.78. The third-order valence-electron chi connectivity index (χ3n) is 3.36. The van der Waals surface area contributed by atoms with E-state index in [4.69, 9.17) is 11.6 Å². The van der Waals surface area contributed by atoms with Crippen LogP contribution in [0.1, 0.15) is 27.8 Å². The van der Waals surface area contributed by atoms with E-state index in [0.717, 1.165) is 5.69 Å². The van der Waals surface area contributed by atoms with Crippen LogP contribution in [0.25, 0.3) is 0 Å². The van der Waals surface area contributed by atoms with E-state index in [0.29, 0.717) is 17.8 Å². The van der Waals surface area contributed by atoms with Crippen LogP contribution in [0.2, 0.25) is 5.02 Å². The summed E-state index contributed by atoms with van der Waals surface area (Å²) in [6.45, 7) is 0.699. The van der Waals surface area contributed by atoms with Crippen molar-refractivity contribution in [3.05, 3.63) is 58.1 Å². The number of nitrogens with zero attached hydrogens (tertiary/aromatic N) is 1. The molecule has 0 aliphatic carbocycles. The molecule has 0 spiro atoms. The molecule has 1 heterocycles. The van der Waals surface area contributed by atoms with Crippen molar-refractivity contribution >= 4 is 17.5 Å². The van der Waals surface area contributed by atoms with Crippen LogP contribution in [0, 0.1) is 5.82 Å². The fourth-order valence-corrected chi connectivity index (χ4v) is 2.21. The number of hydrogen-bond donors (Lipinski definition) is 3. The molecule has 1 aromatic carbocycles. The third-order valence-corrected chi connectivity index (χ3v) is 3.67. The smallest absolute Gasteiger partial charge is 0.269 e. The van der Waals surface area contributed by atoms with Crippen LogP contribution in [0.3, 0.4) is 0 Å². The molecule has 124 valence electrons. The van der Waals surface area contributed by atoms with Crippen molar-refractivity contribution in [2.75, 3.05) is 20.6 Å². The SMILES string of the molecule is CN(C)C(=O)c1ccc(CNCC(O)c2ccc(Cl)c(F)c2)[nH]1. The van der Waals surface area contributed by atoms with Gasteiger partial charge in [-0.1, -0.05) is 17.7 Å². The van der Waals surface area contributed by atoms with Crippen LogP contribution in [0.15, 0.2) is 30.3 Å². The summed E-state index contributed by atoms with van der Waals surface area (Å²) in [7, 11) is 3.37. The molecule has 2 aromatic rings. The predicted octanol–water partition coefficient (Wildman–Crippen LogP) is 2.33. The molecule has 1 aromatic heterocycles. The summed E-state index contributed by atoms with van der Waals surface area (Å²) in [5.74, 6) is -0.660. The fourth-order valence-electron chi connectivity index (χ4n) is 2.09. The lowest BCUT2D eigenvalue weighted by molar-refractivity contribution is 0.0822. The lowest BCUT2D eigenvalue weighted by Crippen LogP contribution is -2.23. The number of carbonyl (C=O) groups is 1. The summed E-state index contributed by atoms with van der Waals surface area (Å²) in [6.07, 6.45) is -0.848. The number of rotatable bonds is 6.